The third kappa shape index (κ3) is 5.41. The van der Waals surface area contributed by atoms with Gasteiger partial charge < -0.3 is 15.9 Å². The number of alkyl halides is 3. The molecule has 0 aromatic heterocycles. The summed E-state index contributed by atoms with van der Waals surface area (Å²) in [7, 11) is -4.19. The first-order valence-electron chi connectivity index (χ1n) is 9.18. The summed E-state index contributed by atoms with van der Waals surface area (Å²) in [5, 5.41) is 3.43. The van der Waals surface area contributed by atoms with Gasteiger partial charge in [-0.2, -0.15) is 26.5 Å². The first kappa shape index (κ1) is 24.5. The van der Waals surface area contributed by atoms with Crippen molar-refractivity contribution in [2.75, 3.05) is 13.1 Å². The van der Waals surface area contributed by atoms with Crippen LogP contribution in [0.2, 0.25) is 0 Å². The van der Waals surface area contributed by atoms with Crippen LogP contribution < -0.4 is 15.9 Å². The van der Waals surface area contributed by atoms with E-state index in [0.717, 1.165) is 46.4 Å². The molecule has 2 aliphatic heterocycles. The van der Waals surface area contributed by atoms with E-state index in [0.29, 0.717) is 6.61 Å². The predicted molar refractivity (Wildman–Crippen MR) is 109 cm³/mol. The third-order valence-corrected chi connectivity index (χ3v) is 6.63. The van der Waals surface area contributed by atoms with Gasteiger partial charge in [-0.1, -0.05) is 12.1 Å². The summed E-state index contributed by atoms with van der Waals surface area (Å²) in [6, 6.07) is 8.47. The molecule has 4 N–H and O–H groups in total. The van der Waals surface area contributed by atoms with Gasteiger partial charge >= 0.3 is 12.1 Å². The molecule has 174 valence electrons. The average Bonchev–Trinajstić information content (AvgIpc) is 3.07. The molecule has 1 unspecified atom stereocenters. The molecule has 2 aromatic rings. The summed E-state index contributed by atoms with van der Waals surface area (Å²) in [5.74, 6) is -1.45. The standard InChI is InChI=1S/C17H16BrNO5S.C2H2F3NO/c18-16-13-5-6-19-8-15(14(13)7-11-9-23-24-17(11)16)10-1-3-12(4-2-10)25(20,21)22;3-2(4,5)1(6)7/h1-4,7,15,19H,5-6,8-9H2,(H,20,21,22);(H2,6,7). The van der Waals surface area contributed by atoms with Crippen molar-refractivity contribution < 1.29 is 40.7 Å². The van der Waals surface area contributed by atoms with Crippen LogP contribution in [0.1, 0.15) is 28.2 Å². The number of hydrogen-bond donors (Lipinski definition) is 3. The minimum absolute atomic E-state index is 0.0650. The Balaban J connectivity index is 0.000000360. The highest BCUT2D eigenvalue weighted by Crippen LogP contribution is 2.43. The average molecular weight is 539 g/mol. The van der Waals surface area contributed by atoms with Crippen molar-refractivity contribution >= 4 is 32.0 Å². The Hall–Kier alpha value is -2.19. The lowest BCUT2D eigenvalue weighted by Crippen LogP contribution is -2.30. The number of carbonyl (C=O) groups excluding carboxylic acids is 1. The first-order valence-corrected chi connectivity index (χ1v) is 11.4. The number of primary amides is 1. The second-order valence-electron chi connectivity index (χ2n) is 7.00. The van der Waals surface area contributed by atoms with E-state index in [9.17, 15) is 21.6 Å². The van der Waals surface area contributed by atoms with Crippen molar-refractivity contribution in [3.05, 3.63) is 57.1 Å². The topological polar surface area (TPSA) is 128 Å². The van der Waals surface area contributed by atoms with E-state index >= 15 is 0 Å². The molecule has 4 rings (SSSR count). The summed E-state index contributed by atoms with van der Waals surface area (Å²) in [6.45, 7) is 1.99. The minimum Gasteiger partial charge on any atom is -0.362 e. The van der Waals surface area contributed by atoms with E-state index in [-0.39, 0.29) is 10.8 Å². The molecule has 13 heteroatoms. The van der Waals surface area contributed by atoms with Gasteiger partial charge in [0.1, 0.15) is 6.61 Å². The number of halogens is 4. The molecule has 8 nitrogen and oxygen atoms in total. The lowest BCUT2D eigenvalue weighted by molar-refractivity contribution is -0.195. The van der Waals surface area contributed by atoms with Crippen molar-refractivity contribution in [1.29, 1.82) is 0 Å². The molecule has 0 saturated heterocycles. The third-order valence-electron chi connectivity index (χ3n) is 4.93. The quantitative estimate of drug-likeness (QED) is 0.396. The van der Waals surface area contributed by atoms with Gasteiger partial charge in [-0.3, -0.25) is 9.35 Å². The van der Waals surface area contributed by atoms with Gasteiger partial charge in [-0.05, 0) is 63.8 Å². The second-order valence-corrected chi connectivity index (χ2v) is 9.22. The molecule has 32 heavy (non-hydrogen) atoms. The number of nitrogens with one attached hydrogen (secondary N) is 1. The van der Waals surface area contributed by atoms with Crippen molar-refractivity contribution in [3.63, 3.8) is 0 Å². The van der Waals surface area contributed by atoms with Crippen LogP contribution in [-0.4, -0.2) is 38.1 Å². The smallest absolute Gasteiger partial charge is 0.362 e. The second kappa shape index (κ2) is 9.35. The lowest BCUT2D eigenvalue weighted by atomic mass is 9.87. The Bertz CT molecular complexity index is 1120. The molecule has 1 atom stereocenters. The van der Waals surface area contributed by atoms with Gasteiger partial charge in [0.25, 0.3) is 10.1 Å². The predicted octanol–water partition coefficient (Wildman–Crippen LogP) is 2.83. The molecular weight excluding hydrogens is 521 g/mol. The largest absolute Gasteiger partial charge is 0.470 e. The molecule has 2 aromatic carbocycles. The van der Waals surface area contributed by atoms with E-state index < -0.39 is 22.2 Å². The molecule has 0 fully saturated rings. The summed E-state index contributed by atoms with van der Waals surface area (Å²) < 4.78 is 64.7. The Morgan fingerprint density at radius 2 is 1.88 bits per heavy atom. The molecule has 0 radical (unpaired) electrons. The highest BCUT2D eigenvalue weighted by atomic mass is 79.9. The minimum atomic E-state index is -4.86. The Morgan fingerprint density at radius 1 is 1.25 bits per heavy atom. The zero-order valence-electron chi connectivity index (χ0n) is 16.3. The number of hydrogen-bond acceptors (Lipinski definition) is 6. The van der Waals surface area contributed by atoms with E-state index in [1.54, 1.807) is 12.1 Å². The molecule has 0 saturated carbocycles. The van der Waals surface area contributed by atoms with Crippen molar-refractivity contribution in [2.45, 2.75) is 30.0 Å². The molecule has 1 amide bonds. The fourth-order valence-corrected chi connectivity index (χ4v) is 4.63. The van der Waals surface area contributed by atoms with Crippen molar-refractivity contribution in [2.24, 2.45) is 5.73 Å². The summed E-state index contributed by atoms with van der Waals surface area (Å²) in [6.07, 6.45) is -4.01. The van der Waals surface area contributed by atoms with Gasteiger partial charge in [-0.15, -0.1) is 0 Å². The Morgan fingerprint density at radius 3 is 2.44 bits per heavy atom. The van der Waals surface area contributed by atoms with Crippen LogP contribution in [0.4, 0.5) is 13.2 Å². The molecule has 2 aliphatic rings. The molecule has 2 heterocycles. The number of benzene rings is 2. The number of nitrogens with two attached hydrogens (primary N) is 1. The maximum Gasteiger partial charge on any atom is 0.470 e. The number of carbonyl (C=O) groups is 1. The van der Waals surface area contributed by atoms with Gasteiger partial charge in [0.15, 0.2) is 5.75 Å². The van der Waals surface area contributed by atoms with E-state index in [2.05, 4.69) is 33.0 Å². The lowest BCUT2D eigenvalue weighted by Gasteiger charge is -2.20. The Labute approximate surface area is 189 Å². The van der Waals surface area contributed by atoms with Crippen molar-refractivity contribution in [1.82, 2.24) is 5.32 Å². The van der Waals surface area contributed by atoms with Crippen LogP contribution in [0.15, 0.2) is 39.7 Å². The number of rotatable bonds is 2. The van der Waals surface area contributed by atoms with E-state index in [1.807, 2.05) is 0 Å². The van der Waals surface area contributed by atoms with Gasteiger partial charge in [0.05, 0.1) is 9.37 Å². The summed E-state index contributed by atoms with van der Waals surface area (Å²) >= 11 is 3.65. The monoisotopic (exact) mass is 538 g/mol. The summed E-state index contributed by atoms with van der Waals surface area (Å²) in [4.78, 5) is 19.4. The SMILES string of the molecule is NC(=O)C(F)(F)F.O=S(=O)(O)c1ccc(C2CNCCc3c2cc2c(c3Br)OOC2)cc1. The Kier molecular flexibility index (Phi) is 7.15. The van der Waals surface area contributed by atoms with Crippen molar-refractivity contribution in [3.8, 4) is 5.75 Å². The van der Waals surface area contributed by atoms with Crippen LogP contribution >= 0.6 is 15.9 Å². The zero-order chi connectivity index (χ0) is 23.7. The first-order chi connectivity index (χ1) is 14.9. The number of fused-ring (bicyclic) bond motifs is 2. The van der Waals surface area contributed by atoms with Crippen LogP contribution in [0.25, 0.3) is 0 Å². The molecular formula is C19H18BrF3N2O6S. The molecule has 0 aliphatic carbocycles. The number of amides is 1. The maximum atomic E-state index is 11.3. The maximum absolute atomic E-state index is 11.3. The highest BCUT2D eigenvalue weighted by Gasteiger charge is 2.35. The van der Waals surface area contributed by atoms with Gasteiger partial charge in [0, 0.05) is 18.0 Å². The normalized spacial score (nSPS) is 17.8. The van der Waals surface area contributed by atoms with Crippen LogP contribution in [0, 0.1) is 0 Å². The summed E-state index contributed by atoms with van der Waals surface area (Å²) in [5.41, 5.74) is 8.12. The fourth-order valence-electron chi connectivity index (χ4n) is 3.40. The molecule has 0 spiro atoms. The van der Waals surface area contributed by atoms with Crippen LogP contribution in [0.3, 0.4) is 0 Å². The van der Waals surface area contributed by atoms with Gasteiger partial charge in [-0.25, -0.2) is 0 Å². The van der Waals surface area contributed by atoms with Crippen LogP contribution in [0.5, 0.6) is 5.75 Å². The van der Waals surface area contributed by atoms with Crippen LogP contribution in [-0.2, 0) is 32.8 Å². The van der Waals surface area contributed by atoms with E-state index in [1.165, 1.54) is 17.7 Å². The fraction of sp³-hybridized carbons (Fsp3) is 0.316. The molecule has 0 bridgehead atoms. The zero-order valence-corrected chi connectivity index (χ0v) is 18.7. The highest BCUT2D eigenvalue weighted by molar-refractivity contribution is 9.10. The van der Waals surface area contributed by atoms with E-state index in [4.69, 9.17) is 19.1 Å². The van der Waals surface area contributed by atoms with Gasteiger partial charge in [0.2, 0.25) is 0 Å².